The number of nitrogens with zero attached hydrogens (tertiary/aromatic N) is 1. The Bertz CT molecular complexity index is 599. The number of halogens is 1. The van der Waals surface area contributed by atoms with E-state index in [1.807, 2.05) is 18.2 Å². The first kappa shape index (κ1) is 14.5. The lowest BCUT2D eigenvalue weighted by Gasteiger charge is -2.12. The van der Waals surface area contributed by atoms with Crippen LogP contribution in [0.2, 0.25) is 5.02 Å². The second kappa shape index (κ2) is 6.50. The van der Waals surface area contributed by atoms with Crippen molar-refractivity contribution in [1.29, 1.82) is 0 Å². The fourth-order valence-electron chi connectivity index (χ4n) is 1.89. The van der Waals surface area contributed by atoms with Crippen LogP contribution in [0.15, 0.2) is 42.7 Å². The molecule has 1 aromatic carbocycles. The normalized spacial score (nSPS) is 11.9. The highest BCUT2D eigenvalue weighted by Gasteiger charge is 2.11. The zero-order valence-corrected chi connectivity index (χ0v) is 11.9. The Morgan fingerprint density at radius 3 is 2.90 bits per heavy atom. The smallest absolute Gasteiger partial charge is 0.225 e. The molecule has 0 aliphatic heterocycles. The lowest BCUT2D eigenvalue weighted by Crippen LogP contribution is -2.24. The SMILES string of the molecule is CC(N)CC(=O)Nc1cc(Cl)ccc1-c1cccnc1. The second-order valence-corrected chi connectivity index (χ2v) is 5.10. The van der Waals surface area contributed by atoms with Crippen LogP contribution in [0.5, 0.6) is 0 Å². The molecule has 1 atom stereocenters. The van der Waals surface area contributed by atoms with Crippen molar-refractivity contribution >= 4 is 23.2 Å². The summed E-state index contributed by atoms with van der Waals surface area (Å²) in [6.07, 6.45) is 3.71. The summed E-state index contributed by atoms with van der Waals surface area (Å²) in [4.78, 5) is 16.0. The van der Waals surface area contributed by atoms with E-state index >= 15 is 0 Å². The highest BCUT2D eigenvalue weighted by atomic mass is 35.5. The van der Waals surface area contributed by atoms with Gasteiger partial charge in [-0.25, -0.2) is 0 Å². The van der Waals surface area contributed by atoms with Crippen LogP contribution in [-0.2, 0) is 4.79 Å². The molecule has 1 aromatic heterocycles. The van der Waals surface area contributed by atoms with Crippen LogP contribution in [0.3, 0.4) is 0 Å². The summed E-state index contributed by atoms with van der Waals surface area (Å²) in [7, 11) is 0. The van der Waals surface area contributed by atoms with Gasteiger partial charge in [-0.3, -0.25) is 9.78 Å². The molecule has 104 valence electrons. The number of carbonyl (C=O) groups is 1. The first-order chi connectivity index (χ1) is 9.56. The molecule has 0 aliphatic carbocycles. The van der Waals surface area contributed by atoms with Gasteiger partial charge in [-0.15, -0.1) is 0 Å². The number of nitrogens with one attached hydrogen (secondary N) is 1. The van der Waals surface area contributed by atoms with Crippen molar-refractivity contribution in [2.75, 3.05) is 5.32 Å². The van der Waals surface area contributed by atoms with Gasteiger partial charge in [0.2, 0.25) is 5.91 Å². The first-order valence-corrected chi connectivity index (χ1v) is 6.69. The van der Waals surface area contributed by atoms with Crippen LogP contribution < -0.4 is 11.1 Å². The van der Waals surface area contributed by atoms with Crippen molar-refractivity contribution in [1.82, 2.24) is 4.98 Å². The Morgan fingerprint density at radius 2 is 2.25 bits per heavy atom. The number of anilines is 1. The maximum absolute atomic E-state index is 11.9. The molecule has 2 aromatic rings. The zero-order valence-electron chi connectivity index (χ0n) is 11.1. The maximum atomic E-state index is 11.9. The van der Waals surface area contributed by atoms with Gasteiger partial charge < -0.3 is 11.1 Å². The summed E-state index contributed by atoms with van der Waals surface area (Å²) in [5.74, 6) is -0.132. The number of amides is 1. The minimum atomic E-state index is -0.184. The lowest BCUT2D eigenvalue weighted by molar-refractivity contribution is -0.116. The molecule has 1 heterocycles. The molecule has 5 heteroatoms. The maximum Gasteiger partial charge on any atom is 0.225 e. The van der Waals surface area contributed by atoms with E-state index in [0.29, 0.717) is 10.7 Å². The van der Waals surface area contributed by atoms with Gasteiger partial charge in [0.05, 0.1) is 5.69 Å². The average molecular weight is 290 g/mol. The van der Waals surface area contributed by atoms with E-state index in [2.05, 4.69) is 10.3 Å². The molecule has 3 N–H and O–H groups in total. The van der Waals surface area contributed by atoms with E-state index < -0.39 is 0 Å². The van der Waals surface area contributed by atoms with Crippen molar-refractivity contribution < 1.29 is 4.79 Å². The molecule has 1 unspecified atom stereocenters. The number of nitrogens with two attached hydrogens (primary N) is 1. The molecule has 0 aliphatic rings. The number of rotatable bonds is 4. The fourth-order valence-corrected chi connectivity index (χ4v) is 2.06. The number of benzene rings is 1. The van der Waals surface area contributed by atoms with Crippen molar-refractivity contribution in [2.45, 2.75) is 19.4 Å². The van der Waals surface area contributed by atoms with Crippen molar-refractivity contribution in [3.8, 4) is 11.1 Å². The van der Waals surface area contributed by atoms with E-state index in [1.54, 1.807) is 31.5 Å². The highest BCUT2D eigenvalue weighted by molar-refractivity contribution is 6.31. The van der Waals surface area contributed by atoms with E-state index in [1.165, 1.54) is 0 Å². The predicted molar refractivity (Wildman–Crippen MR) is 81.6 cm³/mol. The van der Waals surface area contributed by atoms with Crippen molar-refractivity contribution in [3.63, 3.8) is 0 Å². The van der Waals surface area contributed by atoms with Gasteiger partial charge in [-0.2, -0.15) is 0 Å². The topological polar surface area (TPSA) is 68.0 Å². The van der Waals surface area contributed by atoms with Gasteiger partial charge in [0, 0.05) is 41.0 Å². The highest BCUT2D eigenvalue weighted by Crippen LogP contribution is 2.30. The minimum absolute atomic E-state index is 0.132. The van der Waals surface area contributed by atoms with Gasteiger partial charge >= 0.3 is 0 Å². The Hall–Kier alpha value is -1.91. The molecule has 1 amide bonds. The summed E-state index contributed by atoms with van der Waals surface area (Å²) in [5.41, 5.74) is 8.08. The summed E-state index contributed by atoms with van der Waals surface area (Å²) in [5, 5.41) is 3.41. The predicted octanol–water partition coefficient (Wildman–Crippen LogP) is 3.08. The molecule has 4 nitrogen and oxygen atoms in total. The molecular formula is C15H16ClN3O. The zero-order chi connectivity index (χ0) is 14.5. The number of hydrogen-bond donors (Lipinski definition) is 2. The van der Waals surface area contributed by atoms with Gasteiger partial charge in [0.25, 0.3) is 0 Å². The fraction of sp³-hybridized carbons (Fsp3) is 0.200. The molecule has 0 bridgehead atoms. The Morgan fingerprint density at radius 1 is 1.45 bits per heavy atom. The molecule has 0 saturated carbocycles. The van der Waals surface area contributed by atoms with E-state index in [4.69, 9.17) is 17.3 Å². The third-order valence-corrected chi connectivity index (χ3v) is 2.97. The Balaban J connectivity index is 2.32. The summed E-state index contributed by atoms with van der Waals surface area (Å²) in [6, 6.07) is 8.96. The first-order valence-electron chi connectivity index (χ1n) is 6.31. The molecule has 0 saturated heterocycles. The van der Waals surface area contributed by atoms with E-state index in [0.717, 1.165) is 11.1 Å². The Kier molecular flexibility index (Phi) is 4.71. The quantitative estimate of drug-likeness (QED) is 0.909. The number of hydrogen-bond acceptors (Lipinski definition) is 3. The van der Waals surface area contributed by atoms with Crippen molar-refractivity contribution in [2.24, 2.45) is 5.73 Å². The number of aromatic nitrogens is 1. The number of carbonyl (C=O) groups excluding carboxylic acids is 1. The monoisotopic (exact) mass is 289 g/mol. The molecule has 0 radical (unpaired) electrons. The van der Waals surface area contributed by atoms with Crippen molar-refractivity contribution in [3.05, 3.63) is 47.7 Å². The molecular weight excluding hydrogens is 274 g/mol. The average Bonchev–Trinajstić information content (AvgIpc) is 2.39. The number of pyridine rings is 1. The van der Waals surface area contributed by atoms with Gasteiger partial charge in [-0.05, 0) is 25.1 Å². The Labute approximate surface area is 123 Å². The van der Waals surface area contributed by atoms with Crippen LogP contribution in [0.4, 0.5) is 5.69 Å². The summed E-state index contributed by atoms with van der Waals surface area (Å²) < 4.78 is 0. The molecule has 0 fully saturated rings. The minimum Gasteiger partial charge on any atom is -0.327 e. The van der Waals surface area contributed by atoms with Crippen LogP contribution >= 0.6 is 11.6 Å². The molecule has 20 heavy (non-hydrogen) atoms. The third-order valence-electron chi connectivity index (χ3n) is 2.74. The van der Waals surface area contributed by atoms with Gasteiger partial charge in [0.15, 0.2) is 0 Å². The largest absolute Gasteiger partial charge is 0.327 e. The van der Waals surface area contributed by atoms with E-state index in [9.17, 15) is 4.79 Å². The third kappa shape index (κ3) is 3.79. The van der Waals surface area contributed by atoms with Crippen LogP contribution in [0, 0.1) is 0 Å². The molecule has 2 rings (SSSR count). The lowest BCUT2D eigenvalue weighted by atomic mass is 10.1. The standard InChI is InChI=1S/C15H16ClN3O/c1-10(17)7-15(20)19-14-8-12(16)4-5-13(14)11-3-2-6-18-9-11/h2-6,8-10H,7,17H2,1H3,(H,19,20). The second-order valence-electron chi connectivity index (χ2n) is 4.66. The summed E-state index contributed by atoms with van der Waals surface area (Å²) in [6.45, 7) is 1.79. The molecule has 0 spiro atoms. The van der Waals surface area contributed by atoms with Crippen LogP contribution in [0.25, 0.3) is 11.1 Å². The van der Waals surface area contributed by atoms with Crippen LogP contribution in [0.1, 0.15) is 13.3 Å². The van der Waals surface area contributed by atoms with Gasteiger partial charge in [-0.1, -0.05) is 23.7 Å². The van der Waals surface area contributed by atoms with E-state index in [-0.39, 0.29) is 18.4 Å². The van der Waals surface area contributed by atoms with Gasteiger partial charge in [0.1, 0.15) is 0 Å². The van der Waals surface area contributed by atoms with Crippen LogP contribution in [-0.4, -0.2) is 16.9 Å². The summed E-state index contributed by atoms with van der Waals surface area (Å²) >= 11 is 6.00.